The molecule has 1 atom stereocenters. The molecule has 2 aliphatic heterocycles. The van der Waals surface area contributed by atoms with Crippen LogP contribution in [0, 0.1) is 0 Å². The van der Waals surface area contributed by atoms with Crippen molar-refractivity contribution in [2.75, 3.05) is 18.5 Å². The molecule has 0 fully saturated rings. The van der Waals surface area contributed by atoms with Gasteiger partial charge in [-0.3, -0.25) is 4.79 Å². The molecular weight excluding hydrogens is 270 g/mol. The van der Waals surface area contributed by atoms with Crippen LogP contribution in [-0.4, -0.2) is 24.1 Å². The lowest BCUT2D eigenvalue weighted by molar-refractivity contribution is 0.0933. The number of nitrogens with zero attached hydrogens (tertiary/aromatic N) is 1. The molecular formula is C15H13N3O3. The average Bonchev–Trinajstić information content (AvgIpc) is 2.54. The number of para-hydroxylation sites is 1. The summed E-state index contributed by atoms with van der Waals surface area (Å²) in [4.78, 5) is 16.4. The van der Waals surface area contributed by atoms with E-state index in [1.54, 1.807) is 18.3 Å². The van der Waals surface area contributed by atoms with Gasteiger partial charge in [0.15, 0.2) is 11.5 Å². The van der Waals surface area contributed by atoms with Crippen molar-refractivity contribution in [1.82, 2.24) is 10.3 Å². The molecule has 3 heterocycles. The van der Waals surface area contributed by atoms with Gasteiger partial charge in [0.25, 0.3) is 5.91 Å². The summed E-state index contributed by atoms with van der Waals surface area (Å²) in [6, 6.07) is 9.11. The second-order valence-corrected chi connectivity index (χ2v) is 4.82. The SMILES string of the molecule is O=C1N[C@H](c2cccc3c2OCCO3)Nc2ncccc21. The van der Waals surface area contributed by atoms with Crippen LogP contribution in [0.3, 0.4) is 0 Å². The lowest BCUT2D eigenvalue weighted by atomic mass is 10.1. The Balaban J connectivity index is 1.74. The summed E-state index contributed by atoms with van der Waals surface area (Å²) < 4.78 is 11.3. The number of benzene rings is 1. The van der Waals surface area contributed by atoms with Crippen molar-refractivity contribution in [3.63, 3.8) is 0 Å². The van der Waals surface area contributed by atoms with Gasteiger partial charge in [-0.25, -0.2) is 4.98 Å². The maximum atomic E-state index is 12.2. The van der Waals surface area contributed by atoms with Crippen molar-refractivity contribution in [3.8, 4) is 11.5 Å². The molecule has 0 radical (unpaired) electrons. The summed E-state index contributed by atoms with van der Waals surface area (Å²) >= 11 is 0. The Morgan fingerprint density at radius 1 is 1.10 bits per heavy atom. The molecule has 2 aliphatic rings. The van der Waals surface area contributed by atoms with Gasteiger partial charge in [-0.15, -0.1) is 0 Å². The van der Waals surface area contributed by atoms with Crippen LogP contribution in [-0.2, 0) is 0 Å². The van der Waals surface area contributed by atoms with Crippen LogP contribution in [0.1, 0.15) is 22.1 Å². The first-order chi connectivity index (χ1) is 10.3. The van der Waals surface area contributed by atoms with Crippen LogP contribution in [0.15, 0.2) is 36.5 Å². The van der Waals surface area contributed by atoms with E-state index in [2.05, 4.69) is 15.6 Å². The molecule has 1 amide bonds. The third-order valence-electron chi connectivity index (χ3n) is 3.52. The standard InChI is InChI=1S/C15H13N3O3/c19-15-10-4-2-6-16-13(10)17-14(18-15)9-3-1-5-11-12(9)21-8-7-20-11/h1-6,14H,7-8H2,(H,16,17)(H,18,19)/t14-/m1/s1. The van der Waals surface area contributed by atoms with Gasteiger partial charge in [-0.05, 0) is 18.2 Å². The molecule has 6 heteroatoms. The second-order valence-electron chi connectivity index (χ2n) is 4.82. The zero-order valence-corrected chi connectivity index (χ0v) is 11.1. The minimum atomic E-state index is -0.392. The van der Waals surface area contributed by atoms with E-state index >= 15 is 0 Å². The smallest absolute Gasteiger partial charge is 0.256 e. The van der Waals surface area contributed by atoms with Crippen LogP contribution in [0.5, 0.6) is 11.5 Å². The first-order valence-electron chi connectivity index (χ1n) is 6.74. The number of ether oxygens (including phenoxy) is 2. The van der Waals surface area contributed by atoms with Gasteiger partial charge in [0.2, 0.25) is 0 Å². The predicted molar refractivity (Wildman–Crippen MR) is 75.5 cm³/mol. The highest BCUT2D eigenvalue weighted by Crippen LogP contribution is 2.38. The normalized spacial score (nSPS) is 19.2. The quantitative estimate of drug-likeness (QED) is 0.833. The molecule has 0 spiro atoms. The zero-order valence-electron chi connectivity index (χ0n) is 11.1. The third-order valence-corrected chi connectivity index (χ3v) is 3.52. The Bertz CT molecular complexity index is 717. The lowest BCUT2D eigenvalue weighted by Crippen LogP contribution is -2.39. The number of hydrogen-bond donors (Lipinski definition) is 2. The molecule has 0 aliphatic carbocycles. The molecule has 6 nitrogen and oxygen atoms in total. The van der Waals surface area contributed by atoms with Gasteiger partial charge in [0.1, 0.15) is 25.2 Å². The molecule has 1 aromatic heterocycles. The van der Waals surface area contributed by atoms with Gasteiger partial charge in [-0.2, -0.15) is 0 Å². The number of anilines is 1. The highest BCUT2D eigenvalue weighted by molar-refractivity contribution is 6.00. The van der Waals surface area contributed by atoms with Crippen molar-refractivity contribution in [2.24, 2.45) is 0 Å². The average molecular weight is 283 g/mol. The number of nitrogens with one attached hydrogen (secondary N) is 2. The first-order valence-corrected chi connectivity index (χ1v) is 6.74. The fourth-order valence-electron chi connectivity index (χ4n) is 2.56. The van der Waals surface area contributed by atoms with Gasteiger partial charge in [0.05, 0.1) is 5.56 Å². The molecule has 1 aromatic carbocycles. The minimum absolute atomic E-state index is 0.156. The Hall–Kier alpha value is -2.76. The number of carbonyl (C=O) groups excluding carboxylic acids is 1. The summed E-state index contributed by atoms with van der Waals surface area (Å²) in [6.07, 6.45) is 1.26. The van der Waals surface area contributed by atoms with Crippen molar-refractivity contribution >= 4 is 11.7 Å². The summed E-state index contributed by atoms with van der Waals surface area (Å²) in [6.45, 7) is 1.03. The molecule has 2 aromatic rings. The highest BCUT2D eigenvalue weighted by atomic mass is 16.6. The van der Waals surface area contributed by atoms with E-state index in [1.807, 2.05) is 18.2 Å². The number of rotatable bonds is 1. The number of carbonyl (C=O) groups is 1. The number of aromatic nitrogens is 1. The summed E-state index contributed by atoms with van der Waals surface area (Å²) in [5.74, 6) is 1.78. The van der Waals surface area contributed by atoms with Crippen LogP contribution in [0.2, 0.25) is 0 Å². The van der Waals surface area contributed by atoms with Gasteiger partial charge < -0.3 is 20.1 Å². The monoisotopic (exact) mass is 283 g/mol. The Morgan fingerprint density at radius 2 is 2.00 bits per heavy atom. The molecule has 0 unspecified atom stereocenters. The van der Waals surface area contributed by atoms with Crippen LogP contribution >= 0.6 is 0 Å². The van der Waals surface area contributed by atoms with Crippen molar-refractivity contribution in [2.45, 2.75) is 6.17 Å². The van der Waals surface area contributed by atoms with Gasteiger partial charge >= 0.3 is 0 Å². The highest BCUT2D eigenvalue weighted by Gasteiger charge is 2.29. The van der Waals surface area contributed by atoms with E-state index in [-0.39, 0.29) is 5.91 Å². The molecule has 21 heavy (non-hydrogen) atoms. The van der Waals surface area contributed by atoms with Crippen molar-refractivity contribution < 1.29 is 14.3 Å². The molecule has 0 saturated carbocycles. The van der Waals surface area contributed by atoms with Gasteiger partial charge in [0, 0.05) is 11.8 Å². The lowest BCUT2D eigenvalue weighted by Gasteiger charge is -2.30. The number of pyridine rings is 1. The second kappa shape index (κ2) is 4.66. The van der Waals surface area contributed by atoms with E-state index in [9.17, 15) is 4.79 Å². The number of hydrogen-bond acceptors (Lipinski definition) is 5. The van der Waals surface area contributed by atoms with E-state index in [0.717, 1.165) is 5.56 Å². The molecule has 0 bridgehead atoms. The first kappa shape index (κ1) is 12.0. The summed E-state index contributed by atoms with van der Waals surface area (Å²) in [5.41, 5.74) is 1.37. The van der Waals surface area contributed by atoms with Crippen LogP contribution in [0.25, 0.3) is 0 Å². The fraction of sp³-hybridized carbons (Fsp3) is 0.200. The summed E-state index contributed by atoms with van der Waals surface area (Å²) in [7, 11) is 0. The van der Waals surface area contributed by atoms with E-state index in [4.69, 9.17) is 9.47 Å². The largest absolute Gasteiger partial charge is 0.486 e. The predicted octanol–water partition coefficient (Wildman–Crippen LogP) is 1.71. The maximum absolute atomic E-state index is 12.2. The van der Waals surface area contributed by atoms with Crippen LogP contribution < -0.4 is 20.1 Å². The number of amides is 1. The van der Waals surface area contributed by atoms with E-state index in [0.29, 0.717) is 36.1 Å². The molecule has 106 valence electrons. The van der Waals surface area contributed by atoms with E-state index < -0.39 is 6.17 Å². The maximum Gasteiger partial charge on any atom is 0.256 e. The van der Waals surface area contributed by atoms with E-state index in [1.165, 1.54) is 0 Å². The molecule has 0 saturated heterocycles. The third kappa shape index (κ3) is 1.96. The topological polar surface area (TPSA) is 72.5 Å². The fourth-order valence-corrected chi connectivity index (χ4v) is 2.56. The van der Waals surface area contributed by atoms with Crippen molar-refractivity contribution in [1.29, 1.82) is 0 Å². The Morgan fingerprint density at radius 3 is 2.95 bits per heavy atom. The minimum Gasteiger partial charge on any atom is -0.486 e. The number of fused-ring (bicyclic) bond motifs is 2. The molecule has 2 N–H and O–H groups in total. The Labute approximate surface area is 121 Å². The van der Waals surface area contributed by atoms with Crippen LogP contribution in [0.4, 0.5) is 5.82 Å². The Kier molecular flexibility index (Phi) is 2.67. The zero-order chi connectivity index (χ0) is 14.2. The molecule has 4 rings (SSSR count). The van der Waals surface area contributed by atoms with Crippen molar-refractivity contribution in [3.05, 3.63) is 47.7 Å². The summed E-state index contributed by atoms with van der Waals surface area (Å²) in [5, 5.41) is 6.13. The van der Waals surface area contributed by atoms with Gasteiger partial charge in [-0.1, -0.05) is 12.1 Å².